The van der Waals surface area contributed by atoms with Crippen LogP contribution >= 0.6 is 11.3 Å². The molecule has 0 aliphatic rings. The number of nitrogens with zero attached hydrogens (tertiary/aromatic N) is 4. The van der Waals surface area contributed by atoms with E-state index in [1.807, 2.05) is 41.1 Å². The summed E-state index contributed by atoms with van der Waals surface area (Å²) in [4.78, 5) is 28.4. The lowest BCUT2D eigenvalue weighted by Crippen LogP contribution is -2.25. The average Bonchev–Trinajstić information content (AvgIpc) is 3.55. The van der Waals surface area contributed by atoms with Crippen LogP contribution in [0.3, 0.4) is 0 Å². The number of carbonyl (C=O) groups is 1. The Hall–Kier alpha value is -3.46. The van der Waals surface area contributed by atoms with Crippen LogP contribution in [-0.2, 0) is 24.2 Å². The second kappa shape index (κ2) is 9.19. The Morgan fingerprint density at radius 2 is 2.06 bits per heavy atom. The zero-order valence-corrected chi connectivity index (χ0v) is 19.3. The van der Waals surface area contributed by atoms with Crippen LogP contribution in [0.15, 0.2) is 46.7 Å². The topological polar surface area (TPSA) is 97.1 Å². The molecule has 33 heavy (non-hydrogen) atoms. The zero-order valence-electron chi connectivity index (χ0n) is 18.5. The van der Waals surface area contributed by atoms with Crippen molar-refractivity contribution >= 4 is 44.1 Å². The third-order valence-corrected chi connectivity index (χ3v) is 6.81. The Kier molecular flexibility index (Phi) is 5.95. The summed E-state index contributed by atoms with van der Waals surface area (Å²) in [5.74, 6) is 1.39. The molecule has 5 rings (SSSR count). The number of fused-ring (bicyclic) bond motifs is 4. The summed E-state index contributed by atoms with van der Waals surface area (Å²) in [7, 11) is 0. The number of hydrogen-bond donors (Lipinski definition) is 2. The van der Waals surface area contributed by atoms with Crippen molar-refractivity contribution in [2.24, 2.45) is 0 Å². The Labute approximate surface area is 194 Å². The second-order valence-corrected chi connectivity index (χ2v) is 9.07. The van der Waals surface area contributed by atoms with Crippen LogP contribution in [0.25, 0.3) is 26.9 Å². The molecule has 0 atom stereocenters. The molecule has 0 unspecified atom stereocenters. The van der Waals surface area contributed by atoms with Gasteiger partial charge in [-0.15, -0.1) is 21.5 Å². The van der Waals surface area contributed by atoms with E-state index in [1.165, 1.54) is 22.3 Å². The highest BCUT2D eigenvalue weighted by Crippen LogP contribution is 2.21. The van der Waals surface area contributed by atoms with Crippen molar-refractivity contribution in [3.63, 3.8) is 0 Å². The number of nitrogens with one attached hydrogen (secondary N) is 2. The van der Waals surface area contributed by atoms with Crippen LogP contribution in [0.2, 0.25) is 0 Å². The molecule has 0 fully saturated rings. The van der Waals surface area contributed by atoms with Crippen LogP contribution in [0.4, 0.5) is 0 Å². The number of carbonyl (C=O) groups excluding carboxylic acids is 1. The van der Waals surface area contributed by atoms with E-state index in [4.69, 9.17) is 0 Å². The Bertz CT molecular complexity index is 1490. The zero-order chi connectivity index (χ0) is 22.8. The fourth-order valence-corrected chi connectivity index (χ4v) is 5.16. The van der Waals surface area contributed by atoms with Crippen molar-refractivity contribution in [3.8, 4) is 0 Å². The summed E-state index contributed by atoms with van der Waals surface area (Å²) in [5, 5.41) is 14.8. The number of aromatic amines is 1. The molecule has 4 aromatic heterocycles. The minimum absolute atomic E-state index is 0.0112. The van der Waals surface area contributed by atoms with Gasteiger partial charge in [0.25, 0.3) is 5.56 Å². The quantitative estimate of drug-likeness (QED) is 0.349. The monoisotopic (exact) mass is 462 g/mol. The molecule has 9 heteroatoms. The van der Waals surface area contributed by atoms with Crippen LogP contribution < -0.4 is 10.9 Å². The second-order valence-electron chi connectivity index (χ2n) is 8.16. The van der Waals surface area contributed by atoms with Gasteiger partial charge in [0.1, 0.15) is 10.5 Å². The van der Waals surface area contributed by atoms with Gasteiger partial charge in [-0.05, 0) is 42.3 Å². The highest BCUT2D eigenvalue weighted by Gasteiger charge is 2.17. The average molecular weight is 463 g/mol. The molecular formula is C24H26N6O2S. The highest BCUT2D eigenvalue weighted by molar-refractivity contribution is 7.17. The number of hydrogen-bond acceptors (Lipinski definition) is 5. The van der Waals surface area contributed by atoms with Gasteiger partial charge in [-0.3, -0.25) is 18.6 Å². The molecule has 0 saturated carbocycles. The molecule has 0 aliphatic heterocycles. The Morgan fingerprint density at radius 3 is 2.94 bits per heavy atom. The minimum Gasteiger partial charge on any atom is -0.361 e. The molecule has 4 heterocycles. The van der Waals surface area contributed by atoms with Crippen LogP contribution in [0, 0.1) is 0 Å². The van der Waals surface area contributed by atoms with E-state index in [1.54, 1.807) is 4.57 Å². The number of H-pyrrole nitrogens is 1. The number of thiophene rings is 1. The lowest BCUT2D eigenvalue weighted by Gasteiger charge is -2.08. The van der Waals surface area contributed by atoms with E-state index in [0.717, 1.165) is 29.7 Å². The summed E-state index contributed by atoms with van der Waals surface area (Å²) in [6.45, 7) is 3.25. The van der Waals surface area contributed by atoms with E-state index in [2.05, 4.69) is 32.6 Å². The van der Waals surface area contributed by atoms with Crippen LogP contribution in [-0.4, -0.2) is 36.6 Å². The highest BCUT2D eigenvalue weighted by atomic mass is 32.1. The summed E-state index contributed by atoms with van der Waals surface area (Å²) >= 11 is 1.44. The van der Waals surface area contributed by atoms with Crippen molar-refractivity contribution in [1.29, 1.82) is 0 Å². The van der Waals surface area contributed by atoms with Gasteiger partial charge in [-0.2, -0.15) is 0 Å². The molecule has 1 amide bonds. The number of para-hydroxylation sites is 1. The first-order chi connectivity index (χ1) is 16.2. The summed E-state index contributed by atoms with van der Waals surface area (Å²) in [5.41, 5.74) is 3.15. The van der Waals surface area contributed by atoms with Crippen LogP contribution in [0.1, 0.15) is 37.6 Å². The fourth-order valence-electron chi connectivity index (χ4n) is 4.34. The summed E-state index contributed by atoms with van der Waals surface area (Å²) in [6, 6.07) is 10.1. The molecular weight excluding hydrogens is 436 g/mol. The van der Waals surface area contributed by atoms with Crippen molar-refractivity contribution < 1.29 is 4.79 Å². The van der Waals surface area contributed by atoms with Gasteiger partial charge in [0.2, 0.25) is 11.7 Å². The van der Waals surface area contributed by atoms with Gasteiger partial charge in [-0.1, -0.05) is 25.1 Å². The van der Waals surface area contributed by atoms with Crippen molar-refractivity contribution in [3.05, 3.63) is 63.7 Å². The lowest BCUT2D eigenvalue weighted by molar-refractivity contribution is -0.121. The first-order valence-electron chi connectivity index (χ1n) is 11.3. The predicted octanol–water partition coefficient (Wildman–Crippen LogP) is 3.68. The number of rotatable bonds is 9. The number of amides is 1. The van der Waals surface area contributed by atoms with Gasteiger partial charge < -0.3 is 10.3 Å². The predicted molar refractivity (Wildman–Crippen MR) is 131 cm³/mol. The molecule has 0 spiro atoms. The summed E-state index contributed by atoms with van der Waals surface area (Å²) < 4.78 is 4.39. The number of aryl methyl sites for hydroxylation is 2. The van der Waals surface area contributed by atoms with E-state index >= 15 is 0 Å². The molecule has 2 N–H and O–H groups in total. The third kappa shape index (κ3) is 4.04. The normalized spacial score (nSPS) is 11.7. The van der Waals surface area contributed by atoms with Gasteiger partial charge in [0.05, 0.1) is 5.52 Å². The number of aromatic nitrogens is 5. The Balaban J connectivity index is 1.21. The SMILES string of the molecule is CCCn1c(=O)c2sccc2n2c(CCCC(=O)NCCc3c[nH]c4ccccc34)nnc12. The first kappa shape index (κ1) is 21.4. The maximum Gasteiger partial charge on any atom is 0.272 e. The number of benzene rings is 1. The van der Waals surface area contributed by atoms with E-state index < -0.39 is 0 Å². The van der Waals surface area contributed by atoms with Crippen molar-refractivity contribution in [1.82, 2.24) is 29.5 Å². The minimum atomic E-state index is -0.0112. The molecule has 8 nitrogen and oxygen atoms in total. The van der Waals surface area contributed by atoms with Gasteiger partial charge in [0, 0.05) is 43.0 Å². The van der Waals surface area contributed by atoms with Crippen molar-refractivity contribution in [2.75, 3.05) is 6.54 Å². The molecule has 0 saturated heterocycles. The maximum atomic E-state index is 12.8. The fraction of sp³-hybridized carbons (Fsp3) is 0.333. The van der Waals surface area contributed by atoms with E-state index in [-0.39, 0.29) is 11.5 Å². The van der Waals surface area contributed by atoms with E-state index in [0.29, 0.717) is 42.8 Å². The third-order valence-electron chi connectivity index (χ3n) is 5.92. The van der Waals surface area contributed by atoms with Gasteiger partial charge in [0.15, 0.2) is 0 Å². The van der Waals surface area contributed by atoms with Gasteiger partial charge >= 0.3 is 0 Å². The molecule has 0 bridgehead atoms. The van der Waals surface area contributed by atoms with Crippen molar-refractivity contribution in [2.45, 2.75) is 45.6 Å². The maximum absolute atomic E-state index is 12.8. The smallest absolute Gasteiger partial charge is 0.272 e. The van der Waals surface area contributed by atoms with Crippen LogP contribution in [0.5, 0.6) is 0 Å². The molecule has 0 aliphatic carbocycles. The lowest BCUT2D eigenvalue weighted by atomic mass is 10.1. The standard InChI is InChI=1S/C24H26N6O2S/c1-2-13-29-23(32)22-19(11-14-33-22)30-20(27-28-24(29)30)8-5-9-21(31)25-12-10-16-15-26-18-7-4-3-6-17(16)18/h3-4,6-7,11,14-15,26H,2,5,8-10,12-13H2,1H3,(H,25,31). The molecule has 0 radical (unpaired) electrons. The Morgan fingerprint density at radius 1 is 1.18 bits per heavy atom. The molecule has 5 aromatic rings. The molecule has 170 valence electrons. The first-order valence-corrected chi connectivity index (χ1v) is 12.2. The largest absolute Gasteiger partial charge is 0.361 e. The molecule has 1 aromatic carbocycles. The van der Waals surface area contributed by atoms with Gasteiger partial charge in [-0.25, -0.2) is 0 Å². The summed E-state index contributed by atoms with van der Waals surface area (Å²) in [6.07, 6.45) is 5.34. The van der Waals surface area contributed by atoms with E-state index in [9.17, 15) is 9.59 Å².